The number of methoxy groups -OCH3 is 3. The molecule has 10 heteroatoms. The van der Waals surface area contributed by atoms with Gasteiger partial charge in [0.25, 0.3) is 0 Å². The molecule has 0 spiro atoms. The minimum atomic E-state index is -1.82. The van der Waals surface area contributed by atoms with Gasteiger partial charge in [-0.3, -0.25) is 14.8 Å². The van der Waals surface area contributed by atoms with Crippen molar-refractivity contribution in [2.75, 3.05) is 47.5 Å². The van der Waals surface area contributed by atoms with Crippen molar-refractivity contribution in [1.82, 2.24) is 14.8 Å². The van der Waals surface area contributed by atoms with E-state index >= 15 is 0 Å². The van der Waals surface area contributed by atoms with Crippen LogP contribution in [-0.2, 0) is 22.7 Å². The summed E-state index contributed by atoms with van der Waals surface area (Å²) < 4.78 is 16.3. The zero-order chi connectivity index (χ0) is 23.5. The molecule has 0 amide bonds. The number of aromatic nitrogens is 1. The third kappa shape index (κ3) is 7.40. The van der Waals surface area contributed by atoms with E-state index in [1.165, 1.54) is 11.1 Å². The fourth-order valence-corrected chi connectivity index (χ4v) is 3.34. The van der Waals surface area contributed by atoms with E-state index < -0.39 is 11.9 Å². The van der Waals surface area contributed by atoms with Crippen molar-refractivity contribution in [3.8, 4) is 17.2 Å². The first-order valence-electron chi connectivity index (χ1n) is 9.96. The number of ether oxygens (including phenoxy) is 3. The smallest absolute Gasteiger partial charge is 0.414 e. The van der Waals surface area contributed by atoms with Gasteiger partial charge in [0.1, 0.15) is 0 Å². The number of carboxylic acid groups (broad SMARTS) is 2. The maximum absolute atomic E-state index is 9.10. The highest BCUT2D eigenvalue weighted by molar-refractivity contribution is 6.27. The number of hydrogen-bond acceptors (Lipinski definition) is 8. The van der Waals surface area contributed by atoms with Gasteiger partial charge in [-0.05, 0) is 29.3 Å². The van der Waals surface area contributed by atoms with Crippen molar-refractivity contribution in [2.24, 2.45) is 0 Å². The Morgan fingerprint density at radius 3 is 1.75 bits per heavy atom. The Hall–Kier alpha value is -3.37. The van der Waals surface area contributed by atoms with E-state index in [0.717, 1.165) is 39.3 Å². The van der Waals surface area contributed by atoms with Crippen LogP contribution in [0.25, 0.3) is 0 Å². The Morgan fingerprint density at radius 2 is 1.38 bits per heavy atom. The molecule has 2 N–H and O–H groups in total. The summed E-state index contributed by atoms with van der Waals surface area (Å²) in [5.74, 6) is -1.60. The lowest BCUT2D eigenvalue weighted by molar-refractivity contribution is -0.159. The summed E-state index contributed by atoms with van der Waals surface area (Å²) >= 11 is 0. The van der Waals surface area contributed by atoms with Crippen LogP contribution in [0, 0.1) is 0 Å². The first kappa shape index (κ1) is 24.9. The summed E-state index contributed by atoms with van der Waals surface area (Å²) in [7, 11) is 4.93. The van der Waals surface area contributed by atoms with Gasteiger partial charge >= 0.3 is 11.9 Å². The lowest BCUT2D eigenvalue weighted by Gasteiger charge is -2.34. The molecule has 1 saturated heterocycles. The lowest BCUT2D eigenvalue weighted by atomic mass is 10.1. The van der Waals surface area contributed by atoms with Gasteiger partial charge in [-0.1, -0.05) is 6.07 Å². The third-order valence-electron chi connectivity index (χ3n) is 4.91. The van der Waals surface area contributed by atoms with Crippen molar-refractivity contribution in [2.45, 2.75) is 13.1 Å². The van der Waals surface area contributed by atoms with Crippen LogP contribution in [0.5, 0.6) is 17.2 Å². The number of pyridine rings is 1. The molecule has 174 valence electrons. The van der Waals surface area contributed by atoms with Gasteiger partial charge in [-0.2, -0.15) is 0 Å². The molecular formula is C22H29N3O7. The molecule has 0 bridgehead atoms. The second-order valence-corrected chi connectivity index (χ2v) is 7.06. The van der Waals surface area contributed by atoms with Crippen LogP contribution < -0.4 is 14.2 Å². The van der Waals surface area contributed by atoms with E-state index in [2.05, 4.69) is 20.9 Å². The number of aliphatic carboxylic acids is 2. The summed E-state index contributed by atoms with van der Waals surface area (Å²) in [5.41, 5.74) is 2.44. The minimum absolute atomic E-state index is 0.639. The summed E-state index contributed by atoms with van der Waals surface area (Å²) in [4.78, 5) is 27.3. The summed E-state index contributed by atoms with van der Waals surface area (Å²) in [6.45, 7) is 6.02. The van der Waals surface area contributed by atoms with Crippen LogP contribution in [0.1, 0.15) is 11.1 Å². The normalized spacial score (nSPS) is 14.1. The molecule has 1 aromatic carbocycles. The molecule has 2 aromatic rings. The van der Waals surface area contributed by atoms with E-state index in [1.807, 2.05) is 30.6 Å². The van der Waals surface area contributed by atoms with E-state index in [0.29, 0.717) is 17.2 Å². The molecule has 10 nitrogen and oxygen atoms in total. The van der Waals surface area contributed by atoms with Crippen molar-refractivity contribution < 1.29 is 34.0 Å². The number of benzene rings is 1. The molecule has 1 aliphatic heterocycles. The molecule has 0 aliphatic carbocycles. The third-order valence-corrected chi connectivity index (χ3v) is 4.91. The molecule has 1 aliphatic rings. The summed E-state index contributed by atoms with van der Waals surface area (Å²) in [6, 6.07) is 8.19. The average molecular weight is 447 g/mol. The zero-order valence-electron chi connectivity index (χ0n) is 18.5. The zero-order valence-corrected chi connectivity index (χ0v) is 18.5. The lowest BCUT2D eigenvalue weighted by Crippen LogP contribution is -2.45. The quantitative estimate of drug-likeness (QED) is 0.605. The number of carbonyl (C=O) groups is 2. The number of hydrogen-bond donors (Lipinski definition) is 2. The minimum Gasteiger partial charge on any atom is -0.493 e. The Kier molecular flexibility index (Phi) is 9.71. The maximum atomic E-state index is 9.10. The second kappa shape index (κ2) is 12.5. The number of carboxylic acids is 2. The van der Waals surface area contributed by atoms with Crippen molar-refractivity contribution in [1.29, 1.82) is 0 Å². The van der Waals surface area contributed by atoms with E-state index in [1.54, 1.807) is 21.3 Å². The molecule has 32 heavy (non-hydrogen) atoms. The molecule has 3 rings (SSSR count). The van der Waals surface area contributed by atoms with Crippen LogP contribution in [-0.4, -0.2) is 84.4 Å². The predicted octanol–water partition coefficient (Wildman–Crippen LogP) is 1.58. The number of nitrogens with zero attached hydrogens (tertiary/aromatic N) is 3. The SMILES string of the molecule is COc1cc(CN2CCN(Cc3cccnc3)CC2)cc(OC)c1OC.O=C(O)C(=O)O. The fraction of sp³-hybridized carbons (Fsp3) is 0.409. The molecule has 0 saturated carbocycles. The first-order valence-corrected chi connectivity index (χ1v) is 9.96. The van der Waals surface area contributed by atoms with Gasteiger partial charge in [-0.15, -0.1) is 0 Å². The topological polar surface area (TPSA) is 122 Å². The van der Waals surface area contributed by atoms with Gasteiger partial charge in [0.05, 0.1) is 21.3 Å². The molecule has 1 aromatic heterocycles. The average Bonchev–Trinajstić information content (AvgIpc) is 2.80. The van der Waals surface area contributed by atoms with Crippen molar-refractivity contribution >= 4 is 11.9 Å². The van der Waals surface area contributed by atoms with Gasteiger partial charge in [-0.25, -0.2) is 9.59 Å². The van der Waals surface area contributed by atoms with Gasteiger partial charge < -0.3 is 24.4 Å². The highest BCUT2D eigenvalue weighted by Gasteiger charge is 2.19. The summed E-state index contributed by atoms with van der Waals surface area (Å²) in [5, 5.41) is 14.8. The Morgan fingerprint density at radius 1 is 0.875 bits per heavy atom. The maximum Gasteiger partial charge on any atom is 0.414 e. The van der Waals surface area contributed by atoms with Crippen LogP contribution in [0.15, 0.2) is 36.7 Å². The molecule has 0 radical (unpaired) electrons. The van der Waals surface area contributed by atoms with Crippen molar-refractivity contribution in [3.05, 3.63) is 47.8 Å². The first-order chi connectivity index (χ1) is 15.4. The van der Waals surface area contributed by atoms with E-state index in [-0.39, 0.29) is 0 Å². The summed E-state index contributed by atoms with van der Waals surface area (Å²) in [6.07, 6.45) is 3.77. The largest absolute Gasteiger partial charge is 0.493 e. The molecule has 2 heterocycles. The molecular weight excluding hydrogens is 418 g/mol. The van der Waals surface area contributed by atoms with Crippen LogP contribution in [0.3, 0.4) is 0 Å². The van der Waals surface area contributed by atoms with Crippen molar-refractivity contribution in [3.63, 3.8) is 0 Å². The molecule has 0 atom stereocenters. The Bertz CT molecular complexity index is 847. The standard InChI is InChI=1S/C20H27N3O3.C2H2O4/c1-24-18-11-17(12-19(25-2)20(18)26-3)15-23-9-7-22(8-10-23)14-16-5-4-6-21-13-16;3-1(4)2(5)6/h4-6,11-13H,7-10,14-15H2,1-3H3;(H,3,4)(H,5,6). The van der Waals surface area contributed by atoms with Gasteiger partial charge in [0.15, 0.2) is 11.5 Å². The monoisotopic (exact) mass is 447 g/mol. The van der Waals surface area contributed by atoms with E-state index in [9.17, 15) is 0 Å². The second-order valence-electron chi connectivity index (χ2n) is 7.06. The Labute approximate surface area is 186 Å². The van der Waals surface area contributed by atoms with Gasteiger partial charge in [0.2, 0.25) is 5.75 Å². The highest BCUT2D eigenvalue weighted by atomic mass is 16.5. The van der Waals surface area contributed by atoms with Crippen LogP contribution in [0.4, 0.5) is 0 Å². The van der Waals surface area contributed by atoms with Crippen LogP contribution >= 0.6 is 0 Å². The molecule has 1 fully saturated rings. The van der Waals surface area contributed by atoms with Crippen LogP contribution in [0.2, 0.25) is 0 Å². The number of piperazine rings is 1. The Balaban J connectivity index is 0.000000534. The number of rotatable bonds is 7. The predicted molar refractivity (Wildman–Crippen MR) is 116 cm³/mol. The highest BCUT2D eigenvalue weighted by Crippen LogP contribution is 2.38. The molecule has 0 unspecified atom stereocenters. The van der Waals surface area contributed by atoms with Gasteiger partial charge in [0, 0.05) is 51.7 Å². The fourth-order valence-electron chi connectivity index (χ4n) is 3.34. The van der Waals surface area contributed by atoms with E-state index in [4.69, 9.17) is 34.0 Å².